The number of carbonyl (C=O) groups excluding carboxylic acids is 1. The molecular weight excluding hydrogens is 353 g/mol. The van der Waals surface area contributed by atoms with Crippen LogP contribution in [0.3, 0.4) is 0 Å². The summed E-state index contributed by atoms with van der Waals surface area (Å²) in [5.41, 5.74) is -2.78. The van der Waals surface area contributed by atoms with Gasteiger partial charge in [-0.15, -0.1) is 0 Å². The third-order valence-corrected chi connectivity index (χ3v) is 3.01. The molecule has 0 unspecified atom stereocenters. The van der Waals surface area contributed by atoms with Gasteiger partial charge in [-0.3, -0.25) is 9.78 Å². The summed E-state index contributed by atoms with van der Waals surface area (Å²) in [6.07, 6.45) is -8.65. The van der Waals surface area contributed by atoms with Gasteiger partial charge in [0.15, 0.2) is 0 Å². The van der Waals surface area contributed by atoms with Gasteiger partial charge in [-0.1, -0.05) is 0 Å². The van der Waals surface area contributed by atoms with E-state index in [0.29, 0.717) is 6.07 Å². The largest absolute Gasteiger partial charge is 0.466 e. The first kappa shape index (κ1) is 16.8. The van der Waals surface area contributed by atoms with Crippen molar-refractivity contribution in [3.63, 3.8) is 0 Å². The summed E-state index contributed by atoms with van der Waals surface area (Å²) in [6.45, 7) is 1.54. The third kappa shape index (κ3) is 4.12. The predicted molar refractivity (Wildman–Crippen MR) is 62.2 cm³/mol. The summed E-state index contributed by atoms with van der Waals surface area (Å²) in [6, 6.07) is 0.548. The molecule has 20 heavy (non-hydrogen) atoms. The summed E-state index contributed by atoms with van der Waals surface area (Å²) in [5, 5.41) is 0. The van der Waals surface area contributed by atoms with Crippen LogP contribution in [-0.2, 0) is 22.1 Å². The van der Waals surface area contributed by atoms with E-state index < -0.39 is 46.4 Å². The van der Waals surface area contributed by atoms with Gasteiger partial charge in [-0.05, 0) is 28.9 Å². The van der Waals surface area contributed by atoms with Crippen LogP contribution in [0.1, 0.15) is 30.3 Å². The van der Waals surface area contributed by atoms with Gasteiger partial charge in [-0.25, -0.2) is 8.78 Å². The average molecular weight is 362 g/mol. The van der Waals surface area contributed by atoms with Gasteiger partial charge in [0, 0.05) is 0 Å². The van der Waals surface area contributed by atoms with Crippen LogP contribution in [0.15, 0.2) is 10.5 Å². The summed E-state index contributed by atoms with van der Waals surface area (Å²) < 4.78 is 67.3. The lowest BCUT2D eigenvalue weighted by Crippen LogP contribution is -2.14. The standard InChI is InChI=1S/C11H9BrF5NO2/c1-2-20-7(19)4-5-3-6(11(15,16)17)8(12)9(18-5)10(13)14/h3,10H,2,4H2,1H3. The summed E-state index contributed by atoms with van der Waals surface area (Å²) in [5.74, 6) is -0.837. The van der Waals surface area contributed by atoms with Crippen molar-refractivity contribution in [3.8, 4) is 0 Å². The predicted octanol–water partition coefficient (Wildman–Crippen LogP) is 3.91. The number of rotatable bonds is 4. The highest BCUT2D eigenvalue weighted by Gasteiger charge is 2.36. The smallest absolute Gasteiger partial charge is 0.417 e. The molecule has 1 rings (SSSR count). The van der Waals surface area contributed by atoms with Gasteiger partial charge in [-0.2, -0.15) is 13.2 Å². The maximum atomic E-state index is 12.7. The van der Waals surface area contributed by atoms with Crippen LogP contribution in [-0.4, -0.2) is 17.6 Å². The Morgan fingerprint density at radius 2 is 2.05 bits per heavy atom. The van der Waals surface area contributed by atoms with Crippen molar-refractivity contribution in [2.75, 3.05) is 6.61 Å². The Morgan fingerprint density at radius 1 is 1.45 bits per heavy atom. The minimum absolute atomic E-state index is 0.0309. The van der Waals surface area contributed by atoms with Gasteiger partial charge in [0.1, 0.15) is 5.69 Å². The number of aromatic nitrogens is 1. The van der Waals surface area contributed by atoms with Crippen molar-refractivity contribution >= 4 is 21.9 Å². The Bertz CT molecular complexity index is 504. The van der Waals surface area contributed by atoms with Crippen molar-refractivity contribution in [1.82, 2.24) is 4.98 Å². The quantitative estimate of drug-likeness (QED) is 0.602. The number of nitrogens with zero attached hydrogens (tertiary/aromatic N) is 1. The van der Waals surface area contributed by atoms with E-state index in [9.17, 15) is 26.7 Å². The summed E-state index contributed by atoms with van der Waals surface area (Å²) in [7, 11) is 0. The number of ether oxygens (including phenoxy) is 1. The number of halogens is 6. The van der Waals surface area contributed by atoms with Crippen LogP contribution >= 0.6 is 15.9 Å². The Kier molecular flexibility index (Phi) is 5.43. The molecule has 0 N–H and O–H groups in total. The molecule has 1 aromatic heterocycles. The van der Waals surface area contributed by atoms with E-state index in [4.69, 9.17) is 0 Å². The van der Waals surface area contributed by atoms with Crippen molar-refractivity contribution in [3.05, 3.63) is 27.5 Å². The molecular formula is C11H9BrF5NO2. The van der Waals surface area contributed by atoms with E-state index in [0.717, 1.165) is 0 Å². The topological polar surface area (TPSA) is 39.2 Å². The second-order valence-electron chi connectivity index (χ2n) is 3.64. The molecule has 0 aliphatic rings. The van der Waals surface area contributed by atoms with E-state index >= 15 is 0 Å². The molecule has 0 spiro atoms. The van der Waals surface area contributed by atoms with Gasteiger partial charge < -0.3 is 4.74 Å². The Hall–Kier alpha value is -1.25. The van der Waals surface area contributed by atoms with Crippen molar-refractivity contribution in [2.45, 2.75) is 25.9 Å². The molecule has 9 heteroatoms. The summed E-state index contributed by atoms with van der Waals surface area (Å²) in [4.78, 5) is 14.6. The van der Waals surface area contributed by atoms with E-state index in [1.165, 1.54) is 6.92 Å². The van der Waals surface area contributed by atoms with Crippen LogP contribution in [0.2, 0.25) is 0 Å². The molecule has 0 aromatic carbocycles. The zero-order valence-electron chi connectivity index (χ0n) is 10.1. The minimum atomic E-state index is -4.84. The van der Waals surface area contributed by atoms with E-state index in [-0.39, 0.29) is 6.61 Å². The van der Waals surface area contributed by atoms with Crippen molar-refractivity contribution in [1.29, 1.82) is 0 Å². The van der Waals surface area contributed by atoms with E-state index in [2.05, 4.69) is 25.7 Å². The Balaban J connectivity index is 3.26. The first-order chi connectivity index (χ1) is 9.16. The fourth-order valence-corrected chi connectivity index (χ4v) is 2.01. The number of alkyl halides is 5. The molecule has 0 aliphatic heterocycles. The average Bonchev–Trinajstić information content (AvgIpc) is 2.29. The van der Waals surface area contributed by atoms with Crippen molar-refractivity contribution < 1.29 is 31.5 Å². The fraction of sp³-hybridized carbons (Fsp3) is 0.455. The molecule has 3 nitrogen and oxygen atoms in total. The van der Waals surface area contributed by atoms with Gasteiger partial charge in [0.25, 0.3) is 6.43 Å². The highest BCUT2D eigenvalue weighted by molar-refractivity contribution is 9.10. The first-order valence-electron chi connectivity index (χ1n) is 5.37. The van der Waals surface area contributed by atoms with E-state index in [1.807, 2.05) is 0 Å². The first-order valence-corrected chi connectivity index (χ1v) is 6.16. The molecule has 1 aromatic rings. The van der Waals surface area contributed by atoms with Gasteiger partial charge >= 0.3 is 12.1 Å². The lowest BCUT2D eigenvalue weighted by molar-refractivity contribution is -0.143. The maximum absolute atomic E-state index is 12.7. The molecule has 112 valence electrons. The van der Waals surface area contributed by atoms with Crippen LogP contribution in [0, 0.1) is 0 Å². The van der Waals surface area contributed by atoms with Crippen LogP contribution in [0.5, 0.6) is 0 Å². The maximum Gasteiger partial charge on any atom is 0.417 e. The fourth-order valence-electron chi connectivity index (χ4n) is 1.41. The second-order valence-corrected chi connectivity index (χ2v) is 4.43. The van der Waals surface area contributed by atoms with E-state index in [1.54, 1.807) is 0 Å². The number of hydrogen-bond donors (Lipinski definition) is 0. The summed E-state index contributed by atoms with van der Waals surface area (Å²) >= 11 is 2.47. The number of esters is 1. The normalized spacial score (nSPS) is 11.8. The van der Waals surface area contributed by atoms with Crippen LogP contribution in [0.4, 0.5) is 22.0 Å². The Labute approximate surface area is 119 Å². The minimum Gasteiger partial charge on any atom is -0.466 e. The highest BCUT2D eigenvalue weighted by atomic mass is 79.9. The highest BCUT2D eigenvalue weighted by Crippen LogP contribution is 2.39. The zero-order valence-corrected chi connectivity index (χ0v) is 11.7. The molecule has 0 saturated carbocycles. The second kappa shape index (κ2) is 6.47. The third-order valence-electron chi connectivity index (χ3n) is 2.18. The lowest BCUT2D eigenvalue weighted by atomic mass is 10.1. The SMILES string of the molecule is CCOC(=O)Cc1cc(C(F)(F)F)c(Br)c(C(F)F)n1. The molecule has 0 radical (unpaired) electrons. The number of hydrogen-bond acceptors (Lipinski definition) is 3. The Morgan fingerprint density at radius 3 is 2.50 bits per heavy atom. The van der Waals surface area contributed by atoms with Crippen LogP contribution < -0.4 is 0 Å². The molecule has 0 amide bonds. The molecule has 0 fully saturated rings. The molecule has 0 bridgehead atoms. The van der Waals surface area contributed by atoms with Gasteiger partial charge in [0.2, 0.25) is 0 Å². The van der Waals surface area contributed by atoms with Gasteiger partial charge in [0.05, 0.1) is 28.8 Å². The number of carbonyl (C=O) groups is 1. The van der Waals surface area contributed by atoms with Crippen molar-refractivity contribution in [2.24, 2.45) is 0 Å². The molecule has 0 atom stereocenters. The molecule has 1 heterocycles. The van der Waals surface area contributed by atoms with Crippen LogP contribution in [0.25, 0.3) is 0 Å². The lowest BCUT2D eigenvalue weighted by Gasteiger charge is -2.14. The zero-order chi connectivity index (χ0) is 15.5. The molecule has 0 saturated heterocycles. The monoisotopic (exact) mass is 361 g/mol. The number of pyridine rings is 1. The molecule has 0 aliphatic carbocycles.